The van der Waals surface area contributed by atoms with E-state index in [0.717, 1.165) is 12.1 Å². The number of amides is 1. The van der Waals surface area contributed by atoms with Crippen LogP contribution in [0.1, 0.15) is 10.4 Å². The Kier molecular flexibility index (Phi) is 3.33. The van der Waals surface area contributed by atoms with Crippen molar-refractivity contribution in [2.24, 2.45) is 0 Å². The summed E-state index contributed by atoms with van der Waals surface area (Å²) in [6.45, 7) is 0. The highest BCUT2D eigenvalue weighted by molar-refractivity contribution is 6.04. The lowest BCUT2D eigenvalue weighted by Crippen LogP contribution is -2.12. The third kappa shape index (κ3) is 2.98. The van der Waals surface area contributed by atoms with Crippen molar-refractivity contribution in [2.75, 3.05) is 11.1 Å². The number of benzene rings is 2. The topological polar surface area (TPSA) is 75.4 Å². The summed E-state index contributed by atoms with van der Waals surface area (Å²) < 4.78 is 25.9. The third-order valence-corrected chi connectivity index (χ3v) is 2.41. The summed E-state index contributed by atoms with van der Waals surface area (Å²) in [6.07, 6.45) is 0. The molecule has 19 heavy (non-hydrogen) atoms. The van der Waals surface area contributed by atoms with Crippen LogP contribution in [0.25, 0.3) is 0 Å². The maximum absolute atomic E-state index is 13.0. The summed E-state index contributed by atoms with van der Waals surface area (Å²) in [5.74, 6) is -2.44. The van der Waals surface area contributed by atoms with Crippen LogP contribution in [0.5, 0.6) is 5.75 Å². The monoisotopic (exact) mass is 264 g/mol. The van der Waals surface area contributed by atoms with Gasteiger partial charge in [0, 0.05) is 17.3 Å². The molecule has 2 rings (SSSR count). The van der Waals surface area contributed by atoms with Gasteiger partial charge in [-0.1, -0.05) is 0 Å². The average molecular weight is 264 g/mol. The summed E-state index contributed by atoms with van der Waals surface area (Å²) in [4.78, 5) is 11.8. The van der Waals surface area contributed by atoms with Gasteiger partial charge in [-0.05, 0) is 30.3 Å². The number of nitrogens with two attached hydrogens (primary N) is 1. The first-order chi connectivity index (χ1) is 8.95. The number of rotatable bonds is 2. The van der Waals surface area contributed by atoms with Crippen molar-refractivity contribution in [1.82, 2.24) is 0 Å². The normalized spacial score (nSPS) is 10.2. The van der Waals surface area contributed by atoms with Gasteiger partial charge in [0.05, 0.1) is 5.69 Å². The van der Waals surface area contributed by atoms with E-state index >= 15 is 0 Å². The summed E-state index contributed by atoms with van der Waals surface area (Å²) in [5, 5.41) is 11.7. The minimum atomic E-state index is -0.796. The minimum Gasteiger partial charge on any atom is -0.506 e. The van der Waals surface area contributed by atoms with Gasteiger partial charge in [0.2, 0.25) is 0 Å². The van der Waals surface area contributed by atoms with Gasteiger partial charge < -0.3 is 16.2 Å². The Morgan fingerprint density at radius 1 is 1.11 bits per heavy atom. The Hall–Kier alpha value is -2.63. The Labute approximate surface area is 107 Å². The van der Waals surface area contributed by atoms with Gasteiger partial charge >= 0.3 is 0 Å². The lowest BCUT2D eigenvalue weighted by atomic mass is 10.1. The maximum atomic E-state index is 13.0. The Morgan fingerprint density at radius 2 is 1.74 bits per heavy atom. The number of hydrogen-bond acceptors (Lipinski definition) is 3. The zero-order valence-electron chi connectivity index (χ0n) is 9.65. The predicted molar refractivity (Wildman–Crippen MR) is 66.8 cm³/mol. The lowest BCUT2D eigenvalue weighted by Gasteiger charge is -2.07. The molecule has 0 fully saturated rings. The van der Waals surface area contributed by atoms with E-state index in [1.165, 1.54) is 18.2 Å². The first kappa shape index (κ1) is 12.8. The zero-order chi connectivity index (χ0) is 14.0. The van der Waals surface area contributed by atoms with Crippen LogP contribution in [0.15, 0.2) is 36.4 Å². The molecule has 0 bridgehead atoms. The van der Waals surface area contributed by atoms with Gasteiger partial charge in [-0.3, -0.25) is 4.79 Å². The standard InChI is InChI=1S/C13H10F2N2O2/c14-8-4-9(15)6-10(5-8)17-13(19)7-1-2-11(16)12(18)3-7/h1-6,18H,16H2,(H,17,19). The number of aromatic hydroxyl groups is 1. The van der Waals surface area contributed by atoms with Crippen LogP contribution in [-0.2, 0) is 0 Å². The summed E-state index contributed by atoms with van der Waals surface area (Å²) in [6, 6.07) is 6.58. The fourth-order valence-corrected chi connectivity index (χ4v) is 1.51. The number of nitrogen functional groups attached to an aromatic ring is 1. The molecule has 2 aromatic rings. The van der Waals surface area contributed by atoms with Crippen LogP contribution in [0.3, 0.4) is 0 Å². The number of phenolic OH excluding ortho intramolecular Hbond substituents is 1. The average Bonchev–Trinajstić information content (AvgIpc) is 2.31. The van der Waals surface area contributed by atoms with Crippen LogP contribution >= 0.6 is 0 Å². The maximum Gasteiger partial charge on any atom is 0.255 e. The molecule has 0 unspecified atom stereocenters. The van der Waals surface area contributed by atoms with Crippen molar-refractivity contribution in [3.63, 3.8) is 0 Å². The van der Waals surface area contributed by atoms with Crippen molar-refractivity contribution < 1.29 is 18.7 Å². The molecule has 0 aliphatic heterocycles. The largest absolute Gasteiger partial charge is 0.506 e. The van der Waals surface area contributed by atoms with E-state index in [1.54, 1.807) is 0 Å². The summed E-state index contributed by atoms with van der Waals surface area (Å²) in [7, 11) is 0. The van der Waals surface area contributed by atoms with Crippen molar-refractivity contribution in [2.45, 2.75) is 0 Å². The van der Waals surface area contributed by atoms with E-state index in [-0.39, 0.29) is 22.7 Å². The molecule has 2 aromatic carbocycles. The summed E-state index contributed by atoms with van der Waals surface area (Å²) >= 11 is 0. The molecule has 0 spiro atoms. The van der Waals surface area contributed by atoms with E-state index in [2.05, 4.69) is 5.32 Å². The highest BCUT2D eigenvalue weighted by Gasteiger charge is 2.09. The quantitative estimate of drug-likeness (QED) is 0.576. The first-order valence-corrected chi connectivity index (χ1v) is 5.31. The molecule has 98 valence electrons. The van der Waals surface area contributed by atoms with Crippen molar-refractivity contribution >= 4 is 17.3 Å². The highest BCUT2D eigenvalue weighted by Crippen LogP contribution is 2.21. The molecule has 0 saturated carbocycles. The number of nitrogens with one attached hydrogen (secondary N) is 1. The van der Waals surface area contributed by atoms with Crippen LogP contribution in [0.2, 0.25) is 0 Å². The van der Waals surface area contributed by atoms with Gasteiger partial charge in [0.25, 0.3) is 5.91 Å². The van der Waals surface area contributed by atoms with Crippen molar-refractivity contribution in [3.8, 4) is 5.75 Å². The highest BCUT2D eigenvalue weighted by atomic mass is 19.1. The van der Waals surface area contributed by atoms with Gasteiger partial charge in [0.1, 0.15) is 17.4 Å². The fraction of sp³-hybridized carbons (Fsp3) is 0. The van der Waals surface area contributed by atoms with Crippen LogP contribution in [0.4, 0.5) is 20.2 Å². The van der Waals surface area contributed by atoms with E-state index in [9.17, 15) is 18.7 Å². The van der Waals surface area contributed by atoms with E-state index in [0.29, 0.717) is 6.07 Å². The smallest absolute Gasteiger partial charge is 0.255 e. The van der Waals surface area contributed by atoms with Crippen LogP contribution in [-0.4, -0.2) is 11.0 Å². The Balaban J connectivity index is 2.22. The second-order valence-corrected chi connectivity index (χ2v) is 3.89. The molecule has 4 nitrogen and oxygen atoms in total. The molecule has 0 aromatic heterocycles. The molecule has 0 radical (unpaired) electrons. The Bertz CT molecular complexity index is 624. The number of phenols is 1. The second kappa shape index (κ2) is 4.93. The van der Waals surface area contributed by atoms with Crippen LogP contribution in [0, 0.1) is 11.6 Å². The molecule has 0 aliphatic rings. The third-order valence-electron chi connectivity index (χ3n) is 2.41. The number of halogens is 2. The molecule has 0 atom stereocenters. The molecule has 0 aliphatic carbocycles. The molecule has 6 heteroatoms. The molecular formula is C13H10F2N2O2. The molecule has 0 heterocycles. The number of carbonyl (C=O) groups is 1. The van der Waals surface area contributed by atoms with Gasteiger partial charge in [0.15, 0.2) is 0 Å². The first-order valence-electron chi connectivity index (χ1n) is 5.31. The molecular weight excluding hydrogens is 254 g/mol. The Morgan fingerprint density at radius 3 is 2.32 bits per heavy atom. The van der Waals surface area contributed by atoms with E-state index in [4.69, 9.17) is 5.73 Å². The lowest BCUT2D eigenvalue weighted by molar-refractivity contribution is 0.102. The number of anilines is 2. The number of hydrogen-bond donors (Lipinski definition) is 3. The molecule has 1 amide bonds. The predicted octanol–water partition coefficient (Wildman–Crippen LogP) is 2.50. The molecule has 0 saturated heterocycles. The summed E-state index contributed by atoms with van der Waals surface area (Å²) in [5.41, 5.74) is 5.64. The zero-order valence-corrected chi connectivity index (χ0v) is 9.65. The number of carbonyl (C=O) groups excluding carboxylic acids is 1. The minimum absolute atomic E-state index is 0.0150. The molecule has 4 N–H and O–H groups in total. The SMILES string of the molecule is Nc1ccc(C(=O)Nc2cc(F)cc(F)c2)cc1O. The fourth-order valence-electron chi connectivity index (χ4n) is 1.51. The van der Waals surface area contributed by atoms with Gasteiger partial charge in [-0.2, -0.15) is 0 Å². The van der Waals surface area contributed by atoms with Crippen molar-refractivity contribution in [3.05, 3.63) is 53.6 Å². The van der Waals surface area contributed by atoms with Crippen molar-refractivity contribution in [1.29, 1.82) is 0 Å². The van der Waals surface area contributed by atoms with Gasteiger partial charge in [-0.15, -0.1) is 0 Å². The van der Waals surface area contributed by atoms with Crippen LogP contribution < -0.4 is 11.1 Å². The second-order valence-electron chi connectivity index (χ2n) is 3.89. The van der Waals surface area contributed by atoms with E-state index in [1.807, 2.05) is 0 Å². The van der Waals surface area contributed by atoms with E-state index < -0.39 is 17.5 Å². The van der Waals surface area contributed by atoms with Gasteiger partial charge in [-0.25, -0.2) is 8.78 Å².